The normalized spacial score (nSPS) is 11.2. The van der Waals surface area contributed by atoms with E-state index in [-0.39, 0.29) is 12.5 Å². The summed E-state index contributed by atoms with van der Waals surface area (Å²) in [5.74, 6) is 1.46. The molecule has 5 heteroatoms. The highest BCUT2D eigenvalue weighted by Crippen LogP contribution is 2.28. The maximum atomic E-state index is 12.4. The molecule has 0 aliphatic heterocycles. The van der Waals surface area contributed by atoms with Gasteiger partial charge in [0.15, 0.2) is 12.2 Å². The first-order chi connectivity index (χ1) is 16.1. The van der Waals surface area contributed by atoms with Crippen molar-refractivity contribution in [1.82, 2.24) is 4.98 Å². The van der Waals surface area contributed by atoms with Gasteiger partial charge < -0.3 is 14.5 Å². The van der Waals surface area contributed by atoms with Gasteiger partial charge in [0.1, 0.15) is 11.3 Å². The van der Waals surface area contributed by atoms with Crippen molar-refractivity contribution >= 4 is 33.5 Å². The Labute approximate surface area is 192 Å². The number of ether oxygens (including phenoxy) is 1. The lowest BCUT2D eigenvalue weighted by molar-refractivity contribution is -0.118. The number of amides is 1. The Balaban J connectivity index is 1.25. The molecule has 0 saturated heterocycles. The number of benzene rings is 4. The van der Waals surface area contributed by atoms with Gasteiger partial charge in [-0.25, -0.2) is 4.98 Å². The van der Waals surface area contributed by atoms with Crippen molar-refractivity contribution in [1.29, 1.82) is 0 Å². The summed E-state index contributed by atoms with van der Waals surface area (Å²) in [5.41, 5.74) is 4.37. The second kappa shape index (κ2) is 8.79. The van der Waals surface area contributed by atoms with Gasteiger partial charge in [-0.2, -0.15) is 0 Å². The van der Waals surface area contributed by atoms with Gasteiger partial charge in [-0.1, -0.05) is 56.3 Å². The Bertz CT molecular complexity index is 1430. The number of oxazole rings is 1. The quantitative estimate of drug-likeness (QED) is 0.318. The minimum atomic E-state index is -0.223. The number of anilines is 1. The molecule has 164 valence electrons. The summed E-state index contributed by atoms with van der Waals surface area (Å²) in [7, 11) is 0. The maximum Gasteiger partial charge on any atom is 0.262 e. The molecular formula is C28H24N2O3. The Morgan fingerprint density at radius 1 is 0.970 bits per heavy atom. The lowest BCUT2D eigenvalue weighted by Gasteiger charge is -2.10. The summed E-state index contributed by atoms with van der Waals surface area (Å²) in [6.07, 6.45) is 0. The molecule has 5 nitrogen and oxygen atoms in total. The lowest BCUT2D eigenvalue weighted by atomic mass is 10.0. The summed E-state index contributed by atoms with van der Waals surface area (Å²) in [6.45, 7) is 4.24. The Morgan fingerprint density at radius 3 is 2.58 bits per heavy atom. The van der Waals surface area contributed by atoms with Crippen molar-refractivity contribution in [2.75, 3.05) is 11.9 Å². The zero-order valence-electron chi connectivity index (χ0n) is 18.5. The number of rotatable bonds is 6. The van der Waals surface area contributed by atoms with E-state index in [1.165, 1.54) is 5.56 Å². The molecule has 1 aromatic heterocycles. The van der Waals surface area contributed by atoms with Crippen molar-refractivity contribution in [3.63, 3.8) is 0 Å². The van der Waals surface area contributed by atoms with Crippen LogP contribution in [0.1, 0.15) is 25.3 Å². The molecule has 0 aliphatic carbocycles. The predicted octanol–water partition coefficient (Wildman–Crippen LogP) is 6.79. The van der Waals surface area contributed by atoms with E-state index >= 15 is 0 Å². The highest BCUT2D eigenvalue weighted by atomic mass is 16.5. The Morgan fingerprint density at radius 2 is 1.76 bits per heavy atom. The van der Waals surface area contributed by atoms with Crippen LogP contribution in [-0.2, 0) is 4.79 Å². The van der Waals surface area contributed by atoms with Crippen molar-refractivity contribution in [3.8, 4) is 17.2 Å². The minimum Gasteiger partial charge on any atom is -0.483 e. The number of carbonyl (C=O) groups excluding carboxylic acids is 1. The standard InChI is InChI=1S/C28H24N2O3/c1-18(2)21-12-15-26-24(16-21)30-28(33-26)20-10-13-22(14-11-20)29-27(31)17-32-25-9-5-7-19-6-3-4-8-23(19)25/h3-16,18H,17H2,1-2H3,(H,29,31). The van der Waals surface area contributed by atoms with E-state index in [2.05, 4.69) is 36.3 Å². The van der Waals surface area contributed by atoms with Gasteiger partial charge in [-0.3, -0.25) is 4.79 Å². The van der Waals surface area contributed by atoms with Crippen LogP contribution in [0.4, 0.5) is 5.69 Å². The van der Waals surface area contributed by atoms with Gasteiger partial charge >= 0.3 is 0 Å². The summed E-state index contributed by atoms with van der Waals surface area (Å²) >= 11 is 0. The minimum absolute atomic E-state index is 0.0704. The first-order valence-electron chi connectivity index (χ1n) is 11.0. The SMILES string of the molecule is CC(C)c1ccc2oc(-c3ccc(NC(=O)COc4cccc5ccccc45)cc3)nc2c1. The molecule has 0 saturated carbocycles. The van der Waals surface area contributed by atoms with E-state index in [1.54, 1.807) is 0 Å². The van der Waals surface area contributed by atoms with Crippen LogP contribution in [-0.4, -0.2) is 17.5 Å². The Hall–Kier alpha value is -4.12. The summed E-state index contributed by atoms with van der Waals surface area (Å²) in [6, 6.07) is 27.3. The number of aromatic nitrogens is 1. The summed E-state index contributed by atoms with van der Waals surface area (Å²) < 4.78 is 11.7. The molecule has 1 N–H and O–H groups in total. The second-order valence-electron chi connectivity index (χ2n) is 8.29. The number of hydrogen-bond donors (Lipinski definition) is 1. The van der Waals surface area contributed by atoms with Gasteiger partial charge in [0.2, 0.25) is 5.89 Å². The Kier molecular flexibility index (Phi) is 5.53. The van der Waals surface area contributed by atoms with E-state index in [0.717, 1.165) is 27.4 Å². The first-order valence-corrected chi connectivity index (χ1v) is 11.0. The smallest absolute Gasteiger partial charge is 0.262 e. The maximum absolute atomic E-state index is 12.4. The molecule has 0 aliphatic rings. The topological polar surface area (TPSA) is 64.4 Å². The third kappa shape index (κ3) is 4.44. The zero-order chi connectivity index (χ0) is 22.8. The molecule has 0 atom stereocenters. The molecule has 0 unspecified atom stereocenters. The van der Waals surface area contributed by atoms with E-state index in [4.69, 9.17) is 9.15 Å². The van der Waals surface area contributed by atoms with Crippen molar-refractivity contribution in [3.05, 3.63) is 90.5 Å². The van der Waals surface area contributed by atoms with Crippen molar-refractivity contribution in [2.45, 2.75) is 19.8 Å². The van der Waals surface area contributed by atoms with Crippen molar-refractivity contribution in [2.24, 2.45) is 0 Å². The van der Waals surface area contributed by atoms with Crippen LogP contribution < -0.4 is 10.1 Å². The van der Waals surface area contributed by atoms with Gasteiger partial charge in [0, 0.05) is 16.6 Å². The van der Waals surface area contributed by atoms with Crippen LogP contribution in [0.15, 0.2) is 89.3 Å². The van der Waals surface area contributed by atoms with Crippen LogP contribution >= 0.6 is 0 Å². The van der Waals surface area contributed by atoms with Gasteiger partial charge in [0.05, 0.1) is 0 Å². The third-order valence-corrected chi connectivity index (χ3v) is 5.60. The molecule has 0 fully saturated rings. The fraction of sp³-hybridized carbons (Fsp3) is 0.143. The molecule has 5 aromatic rings. The molecule has 5 rings (SSSR count). The molecule has 0 spiro atoms. The van der Waals surface area contributed by atoms with Crippen LogP contribution in [0.5, 0.6) is 5.75 Å². The number of carbonyl (C=O) groups is 1. The van der Waals surface area contributed by atoms with E-state index < -0.39 is 0 Å². The number of hydrogen-bond acceptors (Lipinski definition) is 4. The van der Waals surface area contributed by atoms with Crippen LogP contribution in [0.3, 0.4) is 0 Å². The third-order valence-electron chi connectivity index (χ3n) is 5.60. The molecule has 33 heavy (non-hydrogen) atoms. The molecular weight excluding hydrogens is 412 g/mol. The molecule has 0 radical (unpaired) electrons. The molecule has 1 amide bonds. The lowest BCUT2D eigenvalue weighted by Crippen LogP contribution is -2.20. The van der Waals surface area contributed by atoms with Crippen LogP contribution in [0.2, 0.25) is 0 Å². The highest BCUT2D eigenvalue weighted by molar-refractivity contribution is 5.93. The fourth-order valence-electron chi connectivity index (χ4n) is 3.79. The second-order valence-corrected chi connectivity index (χ2v) is 8.29. The van der Waals surface area contributed by atoms with E-state index in [9.17, 15) is 4.79 Å². The monoisotopic (exact) mass is 436 g/mol. The predicted molar refractivity (Wildman–Crippen MR) is 132 cm³/mol. The van der Waals surface area contributed by atoms with Crippen LogP contribution in [0, 0.1) is 0 Å². The largest absolute Gasteiger partial charge is 0.483 e. The number of nitrogens with one attached hydrogen (secondary N) is 1. The summed E-state index contributed by atoms with van der Waals surface area (Å²) in [5, 5.41) is 4.93. The van der Waals surface area contributed by atoms with Crippen molar-refractivity contribution < 1.29 is 13.9 Å². The van der Waals surface area contributed by atoms with Gasteiger partial charge in [-0.05, 0) is 59.3 Å². The zero-order valence-corrected chi connectivity index (χ0v) is 18.5. The highest BCUT2D eigenvalue weighted by Gasteiger charge is 2.11. The fourth-order valence-corrected chi connectivity index (χ4v) is 3.79. The van der Waals surface area contributed by atoms with Crippen LogP contribution in [0.25, 0.3) is 33.3 Å². The average Bonchev–Trinajstić information content (AvgIpc) is 3.26. The first kappa shape index (κ1) is 20.8. The van der Waals surface area contributed by atoms with E-state index in [0.29, 0.717) is 23.2 Å². The summed E-state index contributed by atoms with van der Waals surface area (Å²) in [4.78, 5) is 17.0. The van der Waals surface area contributed by atoms with Gasteiger partial charge in [-0.15, -0.1) is 0 Å². The molecule has 0 bridgehead atoms. The number of nitrogens with zero attached hydrogens (tertiary/aromatic N) is 1. The number of fused-ring (bicyclic) bond motifs is 2. The molecule has 1 heterocycles. The average molecular weight is 437 g/mol. The molecule has 4 aromatic carbocycles. The van der Waals surface area contributed by atoms with E-state index in [1.807, 2.05) is 72.8 Å². The van der Waals surface area contributed by atoms with Gasteiger partial charge in [0.25, 0.3) is 5.91 Å².